The van der Waals surface area contributed by atoms with Crippen LogP contribution in [-0.2, 0) is 16.8 Å². The summed E-state index contributed by atoms with van der Waals surface area (Å²) >= 11 is 0. The molecule has 2 N–H and O–H groups in total. The van der Waals surface area contributed by atoms with Crippen LogP contribution in [0.2, 0.25) is 0 Å². The second-order valence-corrected chi connectivity index (χ2v) is 6.18. The quantitative estimate of drug-likeness (QED) is 0.905. The fourth-order valence-electron chi connectivity index (χ4n) is 3.21. The number of nitrogens with one attached hydrogen (secondary N) is 1. The van der Waals surface area contributed by atoms with Crippen molar-refractivity contribution in [3.8, 4) is 5.75 Å². The number of phenolic OH excluding ortho intramolecular Hbond substituents is 1. The van der Waals surface area contributed by atoms with E-state index in [9.17, 15) is 9.90 Å². The van der Waals surface area contributed by atoms with Gasteiger partial charge in [-0.05, 0) is 30.5 Å². The second kappa shape index (κ2) is 6.40. The monoisotopic (exact) mass is 315 g/mol. The summed E-state index contributed by atoms with van der Waals surface area (Å²) in [6.07, 6.45) is 5.43. The molecule has 1 saturated carbocycles. The molecule has 23 heavy (non-hydrogen) atoms. The molecule has 0 atom stereocenters. The number of carbonyl (C=O) groups is 1. The molecular weight excluding hydrogens is 294 g/mol. The van der Waals surface area contributed by atoms with Crippen molar-refractivity contribution in [2.75, 3.05) is 0 Å². The molecule has 3 rings (SSSR count). The first-order valence-corrected chi connectivity index (χ1v) is 7.97. The predicted molar refractivity (Wildman–Crippen MR) is 83.8 cm³/mol. The molecule has 0 unspecified atom stereocenters. The maximum Gasteiger partial charge on any atom is 0.231 e. The van der Waals surface area contributed by atoms with E-state index in [0.717, 1.165) is 31.2 Å². The van der Waals surface area contributed by atoms with E-state index in [0.29, 0.717) is 18.1 Å². The average molecular weight is 315 g/mol. The van der Waals surface area contributed by atoms with Crippen molar-refractivity contribution in [3.05, 3.63) is 41.5 Å². The minimum Gasteiger partial charge on any atom is -0.508 e. The third-order valence-corrected chi connectivity index (χ3v) is 4.31. The van der Waals surface area contributed by atoms with Crippen LogP contribution >= 0.6 is 0 Å². The van der Waals surface area contributed by atoms with Gasteiger partial charge in [-0.3, -0.25) is 4.79 Å². The number of nitrogens with zero attached hydrogens (tertiary/aromatic N) is 2. The Labute approximate surface area is 134 Å². The highest BCUT2D eigenvalue weighted by Gasteiger charge is 2.39. The van der Waals surface area contributed by atoms with E-state index in [1.54, 1.807) is 12.1 Å². The highest BCUT2D eigenvalue weighted by Crippen LogP contribution is 2.35. The number of hydrogen-bond acceptors (Lipinski definition) is 5. The fraction of sp³-hybridized carbons (Fsp3) is 0.471. The number of carbonyl (C=O) groups excluding carboxylic acids is 1. The zero-order valence-electron chi connectivity index (χ0n) is 13.2. The van der Waals surface area contributed by atoms with E-state index in [4.69, 9.17) is 4.52 Å². The van der Waals surface area contributed by atoms with Crippen LogP contribution < -0.4 is 5.32 Å². The maximum atomic E-state index is 11.6. The van der Waals surface area contributed by atoms with E-state index in [2.05, 4.69) is 15.5 Å². The maximum absolute atomic E-state index is 11.6. The Kier molecular flexibility index (Phi) is 4.32. The molecule has 1 aliphatic carbocycles. The van der Waals surface area contributed by atoms with Crippen LogP contribution in [-0.4, -0.2) is 21.2 Å². The lowest BCUT2D eigenvalue weighted by Gasteiger charge is -2.34. The number of phenols is 1. The number of aromatic hydroxyl groups is 1. The van der Waals surface area contributed by atoms with Crippen LogP contribution in [0.4, 0.5) is 0 Å². The molecule has 0 saturated heterocycles. The van der Waals surface area contributed by atoms with Gasteiger partial charge in [-0.15, -0.1) is 0 Å². The van der Waals surface area contributed by atoms with E-state index in [1.165, 1.54) is 13.3 Å². The zero-order valence-corrected chi connectivity index (χ0v) is 13.2. The smallest absolute Gasteiger partial charge is 0.231 e. The molecule has 1 aromatic heterocycles. The van der Waals surface area contributed by atoms with Gasteiger partial charge in [-0.25, -0.2) is 0 Å². The minimum atomic E-state index is -0.499. The molecule has 1 amide bonds. The topological polar surface area (TPSA) is 88.2 Å². The molecule has 1 aromatic carbocycles. The van der Waals surface area contributed by atoms with E-state index in [-0.39, 0.29) is 11.7 Å². The summed E-state index contributed by atoms with van der Waals surface area (Å²) in [7, 11) is 0. The molecule has 0 radical (unpaired) electrons. The number of amides is 1. The van der Waals surface area contributed by atoms with Gasteiger partial charge < -0.3 is 14.9 Å². The fourth-order valence-corrected chi connectivity index (χ4v) is 3.21. The van der Waals surface area contributed by atoms with Crippen LogP contribution in [0.5, 0.6) is 5.75 Å². The van der Waals surface area contributed by atoms with Gasteiger partial charge in [0.25, 0.3) is 0 Å². The summed E-state index contributed by atoms with van der Waals surface area (Å²) < 4.78 is 5.38. The Hall–Kier alpha value is -2.37. The van der Waals surface area contributed by atoms with Crippen molar-refractivity contribution < 1.29 is 14.4 Å². The molecule has 0 aliphatic heterocycles. The van der Waals surface area contributed by atoms with Crippen LogP contribution in [0.3, 0.4) is 0 Å². The summed E-state index contributed by atoms with van der Waals surface area (Å²) in [6.45, 7) is 1.52. The highest BCUT2D eigenvalue weighted by atomic mass is 16.5. The van der Waals surface area contributed by atoms with Crippen LogP contribution in [0.1, 0.15) is 56.3 Å². The van der Waals surface area contributed by atoms with Gasteiger partial charge in [-0.2, -0.15) is 4.98 Å². The first-order valence-electron chi connectivity index (χ1n) is 7.97. The van der Waals surface area contributed by atoms with Gasteiger partial charge in [-0.1, -0.05) is 36.6 Å². The number of hydrogen-bond donors (Lipinski definition) is 2. The van der Waals surface area contributed by atoms with Gasteiger partial charge in [0.15, 0.2) is 5.82 Å². The van der Waals surface area contributed by atoms with Gasteiger partial charge >= 0.3 is 0 Å². The third-order valence-electron chi connectivity index (χ3n) is 4.31. The summed E-state index contributed by atoms with van der Waals surface area (Å²) in [5, 5.41) is 16.5. The largest absolute Gasteiger partial charge is 0.508 e. The Bertz CT molecular complexity index is 673. The lowest BCUT2D eigenvalue weighted by molar-refractivity contribution is -0.121. The average Bonchev–Trinajstić information content (AvgIpc) is 2.99. The van der Waals surface area contributed by atoms with Crippen molar-refractivity contribution in [1.29, 1.82) is 0 Å². The Morgan fingerprint density at radius 2 is 1.96 bits per heavy atom. The molecule has 1 heterocycles. The van der Waals surface area contributed by atoms with Crippen molar-refractivity contribution in [2.24, 2.45) is 0 Å². The molecule has 1 fully saturated rings. The summed E-state index contributed by atoms with van der Waals surface area (Å²) in [5.74, 6) is 1.24. The molecule has 2 aromatic rings. The standard InChI is InChI=1S/C17H21N3O3/c1-12(21)19-17(9-3-2-4-10-17)16-18-15(23-20-16)11-13-5-7-14(22)8-6-13/h5-8,22H,2-4,9-11H2,1H3,(H,19,21). The van der Waals surface area contributed by atoms with E-state index in [1.807, 2.05) is 12.1 Å². The van der Waals surface area contributed by atoms with Crippen molar-refractivity contribution in [2.45, 2.75) is 51.0 Å². The van der Waals surface area contributed by atoms with Gasteiger partial charge in [0.2, 0.25) is 11.8 Å². The van der Waals surface area contributed by atoms with Crippen LogP contribution in [0.15, 0.2) is 28.8 Å². The highest BCUT2D eigenvalue weighted by molar-refractivity contribution is 5.74. The van der Waals surface area contributed by atoms with E-state index >= 15 is 0 Å². The second-order valence-electron chi connectivity index (χ2n) is 6.18. The van der Waals surface area contributed by atoms with Crippen molar-refractivity contribution in [1.82, 2.24) is 15.5 Å². The number of aromatic nitrogens is 2. The summed E-state index contributed by atoms with van der Waals surface area (Å²) in [6, 6.07) is 6.91. The van der Waals surface area contributed by atoms with Crippen molar-refractivity contribution in [3.63, 3.8) is 0 Å². The number of rotatable bonds is 4. The van der Waals surface area contributed by atoms with Gasteiger partial charge in [0, 0.05) is 6.92 Å². The molecule has 0 bridgehead atoms. The molecule has 6 nitrogen and oxygen atoms in total. The first-order chi connectivity index (χ1) is 11.1. The Morgan fingerprint density at radius 1 is 1.26 bits per heavy atom. The third kappa shape index (κ3) is 3.52. The van der Waals surface area contributed by atoms with Crippen LogP contribution in [0, 0.1) is 0 Å². The zero-order chi connectivity index (χ0) is 16.3. The van der Waals surface area contributed by atoms with Crippen molar-refractivity contribution >= 4 is 5.91 Å². The van der Waals surface area contributed by atoms with Gasteiger partial charge in [0.05, 0.1) is 6.42 Å². The minimum absolute atomic E-state index is 0.0724. The summed E-state index contributed by atoms with van der Waals surface area (Å²) in [5.41, 5.74) is 0.482. The Morgan fingerprint density at radius 3 is 2.61 bits per heavy atom. The number of benzene rings is 1. The normalized spacial score (nSPS) is 16.9. The first kappa shape index (κ1) is 15.5. The molecular formula is C17H21N3O3. The summed E-state index contributed by atoms with van der Waals surface area (Å²) in [4.78, 5) is 16.1. The molecule has 122 valence electrons. The van der Waals surface area contributed by atoms with E-state index < -0.39 is 5.54 Å². The molecule has 6 heteroatoms. The Balaban J connectivity index is 1.80. The predicted octanol–water partition coefficient (Wildman–Crippen LogP) is 2.66. The lowest BCUT2D eigenvalue weighted by Crippen LogP contribution is -2.47. The van der Waals surface area contributed by atoms with Gasteiger partial charge in [0.1, 0.15) is 11.3 Å². The molecule has 1 aliphatic rings. The van der Waals surface area contributed by atoms with Crippen LogP contribution in [0.25, 0.3) is 0 Å². The lowest BCUT2D eigenvalue weighted by atomic mass is 9.81. The molecule has 0 spiro atoms. The SMILES string of the molecule is CC(=O)NC1(c2noc(Cc3ccc(O)cc3)n2)CCCCC1.